The normalized spacial score (nSPS) is 16.8. The van der Waals surface area contributed by atoms with E-state index < -0.39 is 11.6 Å². The molecule has 44 heavy (non-hydrogen) atoms. The molecule has 4 rings (SSSR count). The Hall–Kier alpha value is -2.75. The van der Waals surface area contributed by atoms with Gasteiger partial charge in [0.25, 0.3) is 0 Å². The van der Waals surface area contributed by atoms with E-state index in [0.717, 1.165) is 49.1 Å². The van der Waals surface area contributed by atoms with Gasteiger partial charge >= 0.3 is 0 Å². The number of unbranched alkanes of at least 4 members (excludes halogenated alkanes) is 10. The lowest BCUT2D eigenvalue weighted by Gasteiger charge is -2.29. The molecule has 0 aliphatic heterocycles. The van der Waals surface area contributed by atoms with Crippen molar-refractivity contribution >= 4 is 0 Å². The van der Waals surface area contributed by atoms with Gasteiger partial charge in [0.2, 0.25) is 5.82 Å². The van der Waals surface area contributed by atoms with Crippen LogP contribution in [0, 0.1) is 23.4 Å². The first-order valence-corrected chi connectivity index (χ1v) is 17.5. The zero-order valence-electron chi connectivity index (χ0n) is 27.1. The standard InChI is InChI=1S/C40H53F3O/c1-3-5-7-9-10-12-14-28-44-38-27-26-36(39(42)40(38)43)33-22-20-32(21-23-33)35-25-24-34(29-37(35)41)31-18-16-30(17-19-31)15-13-11-8-6-4-2/h20-27,29-31H,3-19,28H2,1-2H3. The quantitative estimate of drug-likeness (QED) is 0.131. The molecule has 4 heteroatoms. The van der Waals surface area contributed by atoms with Crippen molar-refractivity contribution in [3.8, 4) is 28.0 Å². The van der Waals surface area contributed by atoms with Gasteiger partial charge < -0.3 is 4.74 Å². The van der Waals surface area contributed by atoms with Crippen LogP contribution in [0.25, 0.3) is 22.3 Å². The van der Waals surface area contributed by atoms with Gasteiger partial charge in [0.1, 0.15) is 5.82 Å². The summed E-state index contributed by atoms with van der Waals surface area (Å²) in [5, 5.41) is 0. The van der Waals surface area contributed by atoms with E-state index in [-0.39, 0.29) is 17.1 Å². The first kappa shape index (κ1) is 34.1. The third kappa shape index (κ3) is 9.88. The summed E-state index contributed by atoms with van der Waals surface area (Å²) in [6, 6.07) is 15.7. The second-order valence-electron chi connectivity index (χ2n) is 12.9. The average molecular weight is 607 g/mol. The van der Waals surface area contributed by atoms with Crippen LogP contribution in [0.5, 0.6) is 5.75 Å². The van der Waals surface area contributed by atoms with E-state index in [1.165, 1.54) is 83.1 Å². The van der Waals surface area contributed by atoms with E-state index in [0.29, 0.717) is 23.7 Å². The minimum atomic E-state index is -0.961. The Morgan fingerprint density at radius 1 is 0.591 bits per heavy atom. The highest BCUT2D eigenvalue weighted by molar-refractivity contribution is 5.71. The largest absolute Gasteiger partial charge is 0.490 e. The molecule has 0 N–H and O–H groups in total. The second kappa shape index (κ2) is 18.3. The fourth-order valence-corrected chi connectivity index (χ4v) is 6.78. The molecular weight excluding hydrogens is 553 g/mol. The van der Waals surface area contributed by atoms with Crippen molar-refractivity contribution in [1.29, 1.82) is 0 Å². The highest BCUT2D eigenvalue weighted by Crippen LogP contribution is 2.39. The van der Waals surface area contributed by atoms with Crippen LogP contribution in [-0.4, -0.2) is 6.61 Å². The van der Waals surface area contributed by atoms with Crippen LogP contribution >= 0.6 is 0 Å². The van der Waals surface area contributed by atoms with Crippen molar-refractivity contribution in [2.45, 2.75) is 129 Å². The molecule has 1 aliphatic carbocycles. The van der Waals surface area contributed by atoms with Crippen molar-refractivity contribution in [1.82, 2.24) is 0 Å². The maximum absolute atomic E-state index is 15.3. The molecule has 0 saturated heterocycles. The van der Waals surface area contributed by atoms with E-state index >= 15 is 8.78 Å². The van der Waals surface area contributed by atoms with Gasteiger partial charge in [-0.3, -0.25) is 0 Å². The second-order valence-corrected chi connectivity index (χ2v) is 12.9. The van der Waals surface area contributed by atoms with E-state index in [9.17, 15) is 4.39 Å². The molecule has 0 heterocycles. The zero-order chi connectivity index (χ0) is 31.1. The zero-order valence-corrected chi connectivity index (χ0v) is 27.1. The van der Waals surface area contributed by atoms with Gasteiger partial charge in [-0.25, -0.2) is 8.78 Å². The summed E-state index contributed by atoms with van der Waals surface area (Å²) in [6.07, 6.45) is 20.7. The van der Waals surface area contributed by atoms with Crippen LogP contribution < -0.4 is 4.74 Å². The Balaban J connectivity index is 1.29. The third-order valence-corrected chi connectivity index (χ3v) is 9.59. The van der Waals surface area contributed by atoms with Crippen molar-refractivity contribution in [2.75, 3.05) is 6.61 Å². The van der Waals surface area contributed by atoms with Gasteiger partial charge in [-0.1, -0.05) is 127 Å². The molecule has 0 spiro atoms. The van der Waals surface area contributed by atoms with E-state index in [4.69, 9.17) is 4.74 Å². The monoisotopic (exact) mass is 606 g/mol. The van der Waals surface area contributed by atoms with Crippen molar-refractivity contribution in [3.05, 3.63) is 77.6 Å². The summed E-state index contributed by atoms with van der Waals surface area (Å²) in [5.41, 5.74) is 3.06. The molecule has 0 atom stereocenters. The number of hydrogen-bond acceptors (Lipinski definition) is 1. The molecule has 3 aromatic rings. The molecule has 0 radical (unpaired) electrons. The van der Waals surface area contributed by atoms with E-state index in [2.05, 4.69) is 19.9 Å². The number of hydrogen-bond donors (Lipinski definition) is 0. The maximum atomic E-state index is 15.3. The molecule has 1 saturated carbocycles. The number of ether oxygens (including phenoxy) is 1. The van der Waals surface area contributed by atoms with Crippen LogP contribution in [0.3, 0.4) is 0 Å². The SMILES string of the molecule is CCCCCCCCCOc1ccc(-c2ccc(-c3ccc(C4CCC(CCCCCCC)CC4)cc3F)cc2)c(F)c1F. The van der Waals surface area contributed by atoms with E-state index in [1.54, 1.807) is 36.4 Å². The van der Waals surface area contributed by atoms with Gasteiger partial charge in [-0.15, -0.1) is 0 Å². The van der Waals surface area contributed by atoms with Crippen LogP contribution in [0.2, 0.25) is 0 Å². The molecule has 0 amide bonds. The Morgan fingerprint density at radius 3 is 1.80 bits per heavy atom. The smallest absolute Gasteiger partial charge is 0.201 e. The minimum Gasteiger partial charge on any atom is -0.490 e. The predicted octanol–water partition coefficient (Wildman–Crippen LogP) is 13.2. The summed E-state index contributed by atoms with van der Waals surface area (Å²) in [5.74, 6) is -0.904. The van der Waals surface area contributed by atoms with Gasteiger partial charge in [0.05, 0.1) is 6.61 Å². The van der Waals surface area contributed by atoms with Crippen molar-refractivity contribution < 1.29 is 17.9 Å². The summed E-state index contributed by atoms with van der Waals surface area (Å²) >= 11 is 0. The fraction of sp³-hybridized carbons (Fsp3) is 0.550. The average Bonchev–Trinajstić information content (AvgIpc) is 3.04. The van der Waals surface area contributed by atoms with Crippen molar-refractivity contribution in [2.24, 2.45) is 5.92 Å². The molecule has 1 fully saturated rings. The summed E-state index contributed by atoms with van der Waals surface area (Å²) in [4.78, 5) is 0. The topological polar surface area (TPSA) is 9.23 Å². The maximum Gasteiger partial charge on any atom is 0.201 e. The molecule has 0 unspecified atom stereocenters. The summed E-state index contributed by atoms with van der Waals surface area (Å²) in [7, 11) is 0. The molecule has 240 valence electrons. The minimum absolute atomic E-state index is 0.0492. The Morgan fingerprint density at radius 2 is 1.16 bits per heavy atom. The number of rotatable bonds is 18. The van der Waals surface area contributed by atoms with Crippen LogP contribution in [0.4, 0.5) is 13.2 Å². The first-order valence-electron chi connectivity index (χ1n) is 17.5. The van der Waals surface area contributed by atoms with Gasteiger partial charge in [-0.05, 0) is 78.8 Å². The molecule has 1 aliphatic rings. The Labute approximate surface area is 264 Å². The van der Waals surface area contributed by atoms with Crippen LogP contribution in [0.15, 0.2) is 54.6 Å². The third-order valence-electron chi connectivity index (χ3n) is 9.59. The number of halogens is 3. The Kier molecular flexibility index (Phi) is 14.2. The first-order chi connectivity index (χ1) is 21.5. The predicted molar refractivity (Wildman–Crippen MR) is 179 cm³/mol. The lowest BCUT2D eigenvalue weighted by Crippen LogP contribution is -2.13. The highest BCUT2D eigenvalue weighted by atomic mass is 19.2. The van der Waals surface area contributed by atoms with Gasteiger partial charge in [-0.2, -0.15) is 4.39 Å². The molecule has 0 aromatic heterocycles. The van der Waals surface area contributed by atoms with E-state index in [1.807, 2.05) is 6.07 Å². The lowest BCUT2D eigenvalue weighted by atomic mass is 9.77. The molecule has 3 aromatic carbocycles. The molecule has 0 bridgehead atoms. The fourth-order valence-electron chi connectivity index (χ4n) is 6.78. The Bertz CT molecular complexity index is 1260. The highest BCUT2D eigenvalue weighted by Gasteiger charge is 2.23. The lowest BCUT2D eigenvalue weighted by molar-refractivity contribution is 0.285. The molecule has 1 nitrogen and oxygen atoms in total. The summed E-state index contributed by atoms with van der Waals surface area (Å²) in [6.45, 7) is 4.83. The van der Waals surface area contributed by atoms with Crippen LogP contribution in [0.1, 0.15) is 134 Å². The van der Waals surface area contributed by atoms with Gasteiger partial charge in [0, 0.05) is 11.1 Å². The number of benzene rings is 3. The molecular formula is C40H53F3O. The summed E-state index contributed by atoms with van der Waals surface area (Å²) < 4.78 is 50.7. The van der Waals surface area contributed by atoms with Crippen LogP contribution in [-0.2, 0) is 0 Å². The van der Waals surface area contributed by atoms with Gasteiger partial charge in [0.15, 0.2) is 11.6 Å². The van der Waals surface area contributed by atoms with Crippen molar-refractivity contribution in [3.63, 3.8) is 0 Å².